The summed E-state index contributed by atoms with van der Waals surface area (Å²) in [7, 11) is 0. The Balaban J connectivity index is 1.48. The van der Waals surface area contributed by atoms with E-state index in [2.05, 4.69) is 19.2 Å². The molecule has 0 unspecified atom stereocenters. The number of hydrogen-bond acceptors (Lipinski definition) is 4. The van der Waals surface area contributed by atoms with Crippen LogP contribution in [-0.2, 0) is 26.5 Å². The van der Waals surface area contributed by atoms with Gasteiger partial charge >= 0.3 is 0 Å². The van der Waals surface area contributed by atoms with E-state index in [1.807, 2.05) is 30.3 Å². The Hall–Kier alpha value is -3.84. The molecular weight excluding hydrogens is 469 g/mol. The summed E-state index contributed by atoms with van der Waals surface area (Å²) in [5.41, 5.74) is 1.35. The predicted octanol–water partition coefficient (Wildman–Crippen LogP) is 4.39. The summed E-state index contributed by atoms with van der Waals surface area (Å²) in [5.74, 6) is -2.49. The second-order valence-corrected chi connectivity index (χ2v) is 10.6. The molecular formula is C30H28FN3O3. The second kappa shape index (κ2) is 8.63. The zero-order chi connectivity index (χ0) is 25.9. The van der Waals surface area contributed by atoms with E-state index < -0.39 is 17.4 Å². The quantitative estimate of drug-likeness (QED) is 0.531. The highest BCUT2D eigenvalue weighted by molar-refractivity contribution is 6.26. The molecule has 3 aliphatic heterocycles. The number of para-hydroxylation sites is 2. The monoisotopic (exact) mass is 497 g/mol. The van der Waals surface area contributed by atoms with E-state index in [9.17, 15) is 18.8 Å². The van der Waals surface area contributed by atoms with E-state index in [0.717, 1.165) is 5.56 Å². The van der Waals surface area contributed by atoms with Crippen LogP contribution < -0.4 is 15.1 Å². The van der Waals surface area contributed by atoms with Crippen molar-refractivity contribution in [1.82, 2.24) is 5.32 Å². The predicted molar refractivity (Wildman–Crippen MR) is 138 cm³/mol. The average molecular weight is 498 g/mol. The van der Waals surface area contributed by atoms with Gasteiger partial charge in [0.25, 0.3) is 5.91 Å². The van der Waals surface area contributed by atoms with E-state index in [1.165, 1.54) is 17.0 Å². The zero-order valence-electron chi connectivity index (χ0n) is 20.7. The Morgan fingerprint density at radius 3 is 2.27 bits per heavy atom. The smallest absolute Gasteiger partial charge is 0.253 e. The molecule has 2 fully saturated rings. The van der Waals surface area contributed by atoms with Crippen LogP contribution in [0, 0.1) is 23.6 Å². The van der Waals surface area contributed by atoms with Crippen LogP contribution in [0.15, 0.2) is 78.9 Å². The van der Waals surface area contributed by atoms with Crippen molar-refractivity contribution < 1.29 is 18.8 Å². The first kappa shape index (κ1) is 23.6. The molecule has 0 aliphatic carbocycles. The molecule has 3 aromatic rings. The van der Waals surface area contributed by atoms with Crippen molar-refractivity contribution in [1.29, 1.82) is 0 Å². The Morgan fingerprint density at radius 2 is 1.57 bits per heavy atom. The van der Waals surface area contributed by atoms with Crippen LogP contribution in [0.5, 0.6) is 0 Å². The molecule has 7 heteroatoms. The molecule has 3 aliphatic rings. The third-order valence-electron chi connectivity index (χ3n) is 7.86. The van der Waals surface area contributed by atoms with Crippen LogP contribution in [0.25, 0.3) is 0 Å². The van der Waals surface area contributed by atoms with E-state index in [-0.39, 0.29) is 42.0 Å². The number of amides is 3. The van der Waals surface area contributed by atoms with Gasteiger partial charge in [-0.15, -0.1) is 0 Å². The third-order valence-corrected chi connectivity index (χ3v) is 7.86. The van der Waals surface area contributed by atoms with E-state index in [0.29, 0.717) is 23.4 Å². The number of benzene rings is 3. The summed E-state index contributed by atoms with van der Waals surface area (Å²) in [6.45, 7) is 4.38. The lowest BCUT2D eigenvalue weighted by Crippen LogP contribution is -2.55. The van der Waals surface area contributed by atoms with Gasteiger partial charge in [0.15, 0.2) is 0 Å². The van der Waals surface area contributed by atoms with E-state index in [1.54, 1.807) is 41.3 Å². The van der Waals surface area contributed by atoms with Crippen molar-refractivity contribution in [3.05, 3.63) is 95.8 Å². The molecule has 0 bridgehead atoms. The van der Waals surface area contributed by atoms with Gasteiger partial charge < -0.3 is 4.90 Å². The van der Waals surface area contributed by atoms with Gasteiger partial charge in [-0.3, -0.25) is 19.7 Å². The highest BCUT2D eigenvalue weighted by atomic mass is 19.1. The second-order valence-electron chi connectivity index (χ2n) is 10.6. The van der Waals surface area contributed by atoms with Gasteiger partial charge in [-0.05, 0) is 48.2 Å². The molecule has 2 saturated heterocycles. The Labute approximate surface area is 215 Å². The van der Waals surface area contributed by atoms with Gasteiger partial charge in [0.2, 0.25) is 11.8 Å². The van der Waals surface area contributed by atoms with Crippen molar-refractivity contribution in [2.45, 2.75) is 38.4 Å². The van der Waals surface area contributed by atoms with Gasteiger partial charge in [0.1, 0.15) is 11.4 Å². The van der Waals surface area contributed by atoms with E-state index >= 15 is 0 Å². The third kappa shape index (κ3) is 3.44. The molecule has 0 saturated carbocycles. The maximum Gasteiger partial charge on any atom is 0.253 e. The summed E-state index contributed by atoms with van der Waals surface area (Å²) in [5, 5.41) is 3.54. The lowest BCUT2D eigenvalue weighted by atomic mass is 9.76. The number of nitrogens with one attached hydrogen (secondary N) is 1. The van der Waals surface area contributed by atoms with Gasteiger partial charge in [-0.25, -0.2) is 9.29 Å². The van der Waals surface area contributed by atoms with Gasteiger partial charge in [-0.1, -0.05) is 62.4 Å². The number of rotatable bonds is 5. The number of carbonyl (C=O) groups excluding carboxylic acids is 3. The number of hydrogen-bond donors (Lipinski definition) is 1. The van der Waals surface area contributed by atoms with Crippen LogP contribution >= 0.6 is 0 Å². The summed E-state index contributed by atoms with van der Waals surface area (Å²) >= 11 is 0. The van der Waals surface area contributed by atoms with Crippen LogP contribution in [0.1, 0.15) is 31.4 Å². The minimum Gasteiger partial charge on any atom is -0.306 e. The first-order valence-electron chi connectivity index (χ1n) is 12.7. The molecule has 0 radical (unpaired) electrons. The SMILES string of the molecule is CC(C)C[C@@H]1N[C@]2(C(=O)N(Cc3ccc(F)cc3)c3ccccc32)[C@@H]2C(=O)N(c3ccccc3)C(=O)[C@@H]12. The van der Waals surface area contributed by atoms with Crippen molar-refractivity contribution in [2.75, 3.05) is 9.80 Å². The Morgan fingerprint density at radius 1 is 0.892 bits per heavy atom. The highest BCUT2D eigenvalue weighted by Crippen LogP contribution is 2.56. The fourth-order valence-corrected chi connectivity index (χ4v) is 6.42. The van der Waals surface area contributed by atoms with Crippen LogP contribution in [0.3, 0.4) is 0 Å². The molecule has 4 atom stereocenters. The summed E-state index contributed by atoms with van der Waals surface area (Å²) < 4.78 is 13.5. The lowest BCUT2D eigenvalue weighted by Gasteiger charge is -2.31. The largest absolute Gasteiger partial charge is 0.306 e. The standard InChI is InChI=1S/C30H28FN3O3/c1-18(2)16-23-25-26(28(36)34(27(25)35)21-8-4-3-5-9-21)30(32-23)22-10-6-7-11-24(22)33(29(30)37)17-19-12-14-20(31)15-13-19/h3-15,18,23,25-26,32H,16-17H2,1-2H3/t23-,25-,26-,30-/m0/s1. The maximum absolute atomic E-state index is 14.4. The Kier molecular flexibility index (Phi) is 5.49. The number of nitrogens with zero attached hydrogens (tertiary/aromatic N) is 2. The molecule has 37 heavy (non-hydrogen) atoms. The summed E-state index contributed by atoms with van der Waals surface area (Å²) in [6, 6.07) is 22.1. The van der Waals surface area contributed by atoms with Crippen molar-refractivity contribution in [3.63, 3.8) is 0 Å². The fraction of sp³-hybridized carbons (Fsp3) is 0.300. The fourth-order valence-electron chi connectivity index (χ4n) is 6.42. The number of halogens is 1. The van der Waals surface area contributed by atoms with Gasteiger partial charge in [0, 0.05) is 17.3 Å². The number of anilines is 2. The molecule has 1 spiro atoms. The minimum absolute atomic E-state index is 0.232. The molecule has 3 heterocycles. The molecule has 6 nitrogen and oxygen atoms in total. The van der Waals surface area contributed by atoms with Crippen molar-refractivity contribution in [2.24, 2.45) is 17.8 Å². The molecule has 3 amide bonds. The molecule has 0 aromatic heterocycles. The Bertz CT molecular complexity index is 1390. The topological polar surface area (TPSA) is 69.7 Å². The highest BCUT2D eigenvalue weighted by Gasteiger charge is 2.71. The van der Waals surface area contributed by atoms with Crippen molar-refractivity contribution >= 4 is 29.1 Å². The van der Waals surface area contributed by atoms with Crippen LogP contribution in [0.2, 0.25) is 0 Å². The molecule has 3 aromatic carbocycles. The van der Waals surface area contributed by atoms with E-state index in [4.69, 9.17) is 0 Å². The average Bonchev–Trinajstić information content (AvgIpc) is 3.44. The molecule has 6 rings (SSSR count). The minimum atomic E-state index is -1.35. The maximum atomic E-state index is 14.4. The van der Waals surface area contributed by atoms with Gasteiger partial charge in [-0.2, -0.15) is 0 Å². The normalized spacial score (nSPS) is 26.5. The summed E-state index contributed by atoms with van der Waals surface area (Å²) in [6.07, 6.45) is 0.651. The van der Waals surface area contributed by atoms with Crippen molar-refractivity contribution in [3.8, 4) is 0 Å². The number of imide groups is 1. The summed E-state index contributed by atoms with van der Waals surface area (Å²) in [4.78, 5) is 45.3. The number of carbonyl (C=O) groups is 3. The lowest BCUT2D eigenvalue weighted by molar-refractivity contribution is -0.132. The van der Waals surface area contributed by atoms with Crippen LogP contribution in [0.4, 0.5) is 15.8 Å². The number of fused-ring (bicyclic) bond motifs is 4. The van der Waals surface area contributed by atoms with Gasteiger partial charge in [0.05, 0.1) is 24.1 Å². The first-order chi connectivity index (χ1) is 17.8. The molecule has 188 valence electrons. The van der Waals surface area contributed by atoms with Crippen LogP contribution in [-0.4, -0.2) is 23.8 Å². The first-order valence-corrected chi connectivity index (χ1v) is 12.7. The zero-order valence-corrected chi connectivity index (χ0v) is 20.7. The molecule has 1 N–H and O–H groups in total.